The predicted molar refractivity (Wildman–Crippen MR) is 79.4 cm³/mol. The lowest BCUT2D eigenvalue weighted by Gasteiger charge is -2.30. The summed E-state index contributed by atoms with van der Waals surface area (Å²) in [6.45, 7) is 13.3. The Bertz CT molecular complexity index is 474. The lowest BCUT2D eigenvalue weighted by atomic mass is 10.2. The first-order valence-corrected chi connectivity index (χ1v) is 7.07. The minimum Gasteiger partial charge on any atom is -0.444 e. The summed E-state index contributed by atoms with van der Waals surface area (Å²) >= 11 is 0. The number of ether oxygens (including phenoxy) is 1. The van der Waals surface area contributed by atoms with E-state index in [-0.39, 0.29) is 6.09 Å². The standard InChI is InChI=1S/C12H20N4O2.C2H6/c1-8-9-7-15(11(17)18-12(2,3)4)5-6-16(9)14-10(8)13;1-2/h5-7H2,1-4H3,(H2,13,14);1-2H3. The molecule has 0 saturated carbocycles. The molecule has 2 heterocycles. The maximum absolute atomic E-state index is 12.0. The van der Waals surface area contributed by atoms with E-state index in [9.17, 15) is 4.79 Å². The Morgan fingerprint density at radius 2 is 1.90 bits per heavy atom. The van der Waals surface area contributed by atoms with Crippen molar-refractivity contribution in [2.24, 2.45) is 0 Å². The van der Waals surface area contributed by atoms with Crippen LogP contribution < -0.4 is 5.73 Å². The van der Waals surface area contributed by atoms with Gasteiger partial charge in [-0.05, 0) is 27.7 Å². The molecular formula is C14H26N4O2. The van der Waals surface area contributed by atoms with Crippen LogP contribution in [0, 0.1) is 6.92 Å². The molecule has 0 bridgehead atoms. The van der Waals surface area contributed by atoms with Crippen LogP contribution in [-0.4, -0.2) is 32.9 Å². The average Bonchev–Trinajstić information content (AvgIpc) is 2.65. The molecule has 1 aromatic heterocycles. The van der Waals surface area contributed by atoms with Gasteiger partial charge in [0.25, 0.3) is 0 Å². The first kappa shape index (κ1) is 16.3. The van der Waals surface area contributed by atoms with Gasteiger partial charge in [-0.15, -0.1) is 0 Å². The van der Waals surface area contributed by atoms with Crippen LogP contribution in [0.2, 0.25) is 0 Å². The van der Waals surface area contributed by atoms with E-state index in [1.807, 2.05) is 46.2 Å². The molecule has 2 rings (SSSR count). The summed E-state index contributed by atoms with van der Waals surface area (Å²) < 4.78 is 7.23. The zero-order valence-corrected chi connectivity index (χ0v) is 13.4. The Kier molecular flexibility index (Phi) is 5.03. The van der Waals surface area contributed by atoms with Crippen LogP contribution >= 0.6 is 0 Å². The van der Waals surface area contributed by atoms with E-state index < -0.39 is 5.60 Å². The van der Waals surface area contributed by atoms with E-state index >= 15 is 0 Å². The predicted octanol–water partition coefficient (Wildman–Crippen LogP) is 2.55. The summed E-state index contributed by atoms with van der Waals surface area (Å²) in [5.74, 6) is 0.538. The van der Waals surface area contributed by atoms with Crippen molar-refractivity contribution in [1.82, 2.24) is 14.7 Å². The molecule has 1 aliphatic heterocycles. The SMILES string of the molecule is CC.Cc1c(N)nn2c1CN(C(=O)OC(C)(C)C)CC2. The fourth-order valence-corrected chi connectivity index (χ4v) is 1.95. The summed E-state index contributed by atoms with van der Waals surface area (Å²) in [6, 6.07) is 0. The zero-order chi connectivity index (χ0) is 15.5. The Hall–Kier alpha value is -1.72. The van der Waals surface area contributed by atoms with Gasteiger partial charge in [0.05, 0.1) is 18.8 Å². The molecule has 0 spiro atoms. The van der Waals surface area contributed by atoms with Crippen LogP contribution in [0.3, 0.4) is 0 Å². The van der Waals surface area contributed by atoms with Gasteiger partial charge in [0, 0.05) is 12.1 Å². The third kappa shape index (κ3) is 3.65. The highest BCUT2D eigenvalue weighted by Crippen LogP contribution is 2.22. The van der Waals surface area contributed by atoms with Gasteiger partial charge in [-0.2, -0.15) is 5.10 Å². The van der Waals surface area contributed by atoms with Crippen LogP contribution in [0.1, 0.15) is 45.9 Å². The van der Waals surface area contributed by atoms with Crippen LogP contribution in [0.25, 0.3) is 0 Å². The second-order valence-electron chi connectivity index (χ2n) is 5.58. The number of hydrogen-bond donors (Lipinski definition) is 1. The van der Waals surface area contributed by atoms with E-state index in [4.69, 9.17) is 10.5 Å². The molecule has 0 aromatic carbocycles. The van der Waals surface area contributed by atoms with E-state index in [0.717, 1.165) is 11.3 Å². The summed E-state index contributed by atoms with van der Waals surface area (Å²) in [6.07, 6.45) is -0.284. The van der Waals surface area contributed by atoms with Crippen molar-refractivity contribution < 1.29 is 9.53 Å². The van der Waals surface area contributed by atoms with E-state index in [0.29, 0.717) is 25.5 Å². The molecule has 0 aliphatic carbocycles. The van der Waals surface area contributed by atoms with Gasteiger partial charge in [-0.25, -0.2) is 4.79 Å². The number of amides is 1. The maximum atomic E-state index is 12.0. The van der Waals surface area contributed by atoms with Crippen molar-refractivity contribution >= 4 is 11.9 Å². The molecule has 6 nitrogen and oxygen atoms in total. The monoisotopic (exact) mass is 282 g/mol. The second-order valence-corrected chi connectivity index (χ2v) is 5.58. The fraction of sp³-hybridized carbons (Fsp3) is 0.714. The number of aromatic nitrogens is 2. The number of carbonyl (C=O) groups is 1. The Balaban J connectivity index is 0.000000956. The molecule has 6 heteroatoms. The fourth-order valence-electron chi connectivity index (χ4n) is 1.95. The molecule has 1 amide bonds. The number of nitrogens with two attached hydrogens (primary N) is 1. The maximum Gasteiger partial charge on any atom is 0.410 e. The molecule has 0 radical (unpaired) electrons. The molecule has 0 atom stereocenters. The molecule has 2 N–H and O–H groups in total. The van der Waals surface area contributed by atoms with E-state index in [2.05, 4.69) is 5.10 Å². The van der Waals surface area contributed by atoms with Gasteiger partial charge in [-0.3, -0.25) is 4.68 Å². The summed E-state index contributed by atoms with van der Waals surface area (Å²) in [4.78, 5) is 13.7. The third-order valence-corrected chi connectivity index (χ3v) is 2.93. The Morgan fingerprint density at radius 3 is 2.45 bits per heavy atom. The van der Waals surface area contributed by atoms with Crippen molar-refractivity contribution in [2.45, 2.75) is 60.2 Å². The van der Waals surface area contributed by atoms with Gasteiger partial charge in [0.2, 0.25) is 0 Å². The summed E-state index contributed by atoms with van der Waals surface area (Å²) in [5.41, 5.74) is 7.25. The zero-order valence-electron chi connectivity index (χ0n) is 13.4. The van der Waals surface area contributed by atoms with E-state index in [1.165, 1.54) is 0 Å². The molecule has 0 saturated heterocycles. The highest BCUT2D eigenvalue weighted by atomic mass is 16.6. The number of hydrogen-bond acceptors (Lipinski definition) is 4. The molecule has 20 heavy (non-hydrogen) atoms. The molecule has 0 unspecified atom stereocenters. The van der Waals surface area contributed by atoms with Crippen molar-refractivity contribution in [1.29, 1.82) is 0 Å². The number of nitrogen functional groups attached to an aromatic ring is 1. The van der Waals surface area contributed by atoms with Gasteiger partial charge < -0.3 is 15.4 Å². The topological polar surface area (TPSA) is 73.4 Å². The first-order chi connectivity index (χ1) is 9.28. The molecular weight excluding hydrogens is 256 g/mol. The molecule has 0 fully saturated rings. The number of anilines is 1. The lowest BCUT2D eigenvalue weighted by molar-refractivity contribution is 0.0194. The van der Waals surface area contributed by atoms with Crippen molar-refractivity contribution in [3.8, 4) is 0 Å². The van der Waals surface area contributed by atoms with Crippen LogP contribution in [0.4, 0.5) is 10.6 Å². The van der Waals surface area contributed by atoms with Gasteiger partial charge in [-0.1, -0.05) is 13.8 Å². The van der Waals surface area contributed by atoms with Gasteiger partial charge in [0.15, 0.2) is 0 Å². The highest BCUT2D eigenvalue weighted by molar-refractivity contribution is 5.68. The highest BCUT2D eigenvalue weighted by Gasteiger charge is 2.27. The lowest BCUT2D eigenvalue weighted by Crippen LogP contribution is -2.41. The summed E-state index contributed by atoms with van der Waals surface area (Å²) in [5, 5.41) is 4.23. The summed E-state index contributed by atoms with van der Waals surface area (Å²) in [7, 11) is 0. The van der Waals surface area contributed by atoms with Gasteiger partial charge in [0.1, 0.15) is 11.4 Å². The third-order valence-electron chi connectivity index (χ3n) is 2.93. The first-order valence-electron chi connectivity index (χ1n) is 7.07. The Labute approximate surface area is 120 Å². The quantitative estimate of drug-likeness (QED) is 0.793. The average molecular weight is 282 g/mol. The number of carbonyl (C=O) groups excluding carboxylic acids is 1. The van der Waals surface area contributed by atoms with Gasteiger partial charge >= 0.3 is 6.09 Å². The van der Waals surface area contributed by atoms with Crippen molar-refractivity contribution in [3.05, 3.63) is 11.3 Å². The largest absolute Gasteiger partial charge is 0.444 e. The number of rotatable bonds is 0. The molecule has 1 aliphatic rings. The van der Waals surface area contributed by atoms with Crippen LogP contribution in [0.15, 0.2) is 0 Å². The number of nitrogens with zero attached hydrogens (tertiary/aromatic N) is 3. The molecule has 114 valence electrons. The molecule has 1 aromatic rings. The minimum absolute atomic E-state index is 0.284. The van der Waals surface area contributed by atoms with Crippen molar-refractivity contribution in [2.75, 3.05) is 12.3 Å². The van der Waals surface area contributed by atoms with Crippen molar-refractivity contribution in [3.63, 3.8) is 0 Å². The normalized spacial score (nSPS) is 14.2. The minimum atomic E-state index is -0.469. The van der Waals surface area contributed by atoms with Crippen LogP contribution in [-0.2, 0) is 17.8 Å². The number of fused-ring (bicyclic) bond motifs is 1. The second kappa shape index (κ2) is 6.15. The smallest absolute Gasteiger partial charge is 0.410 e. The van der Waals surface area contributed by atoms with Crippen LogP contribution in [0.5, 0.6) is 0 Å². The van der Waals surface area contributed by atoms with E-state index in [1.54, 1.807) is 4.90 Å². The Morgan fingerprint density at radius 1 is 1.30 bits per heavy atom.